The van der Waals surface area contributed by atoms with Gasteiger partial charge in [0.05, 0.1) is 35.8 Å². The highest BCUT2D eigenvalue weighted by Crippen LogP contribution is 2.46. The Morgan fingerprint density at radius 1 is 1.12 bits per heavy atom. The van der Waals surface area contributed by atoms with Gasteiger partial charge in [-0.15, -0.1) is 0 Å². The molecule has 1 aliphatic heterocycles. The number of allylic oxidation sites excluding steroid dienone is 1. The summed E-state index contributed by atoms with van der Waals surface area (Å²) in [5, 5.41) is 4.81. The average molecular weight is 588 g/mol. The molecule has 2 atom stereocenters. The Bertz CT molecular complexity index is 1430. The van der Waals surface area contributed by atoms with Gasteiger partial charge in [0, 0.05) is 48.6 Å². The van der Waals surface area contributed by atoms with Crippen LogP contribution >= 0.6 is 23.2 Å². The summed E-state index contributed by atoms with van der Waals surface area (Å²) in [6, 6.07) is 6.97. The van der Waals surface area contributed by atoms with Gasteiger partial charge >= 0.3 is 6.09 Å². The molecule has 1 saturated heterocycles. The zero-order valence-corrected chi connectivity index (χ0v) is 24.6. The normalized spacial score (nSPS) is 17.0. The number of ether oxygens (including phenoxy) is 3. The van der Waals surface area contributed by atoms with Crippen LogP contribution in [0.2, 0.25) is 10.0 Å². The van der Waals surface area contributed by atoms with Gasteiger partial charge in [-0.1, -0.05) is 35.8 Å². The highest BCUT2D eigenvalue weighted by Gasteiger charge is 2.38. The minimum Gasteiger partial charge on any atom is -0.495 e. The van der Waals surface area contributed by atoms with E-state index in [-0.39, 0.29) is 24.2 Å². The highest BCUT2D eigenvalue weighted by atomic mass is 35.5. The number of amides is 1. The summed E-state index contributed by atoms with van der Waals surface area (Å²) >= 11 is 13.2. The van der Waals surface area contributed by atoms with Crippen molar-refractivity contribution in [2.75, 3.05) is 32.6 Å². The van der Waals surface area contributed by atoms with Crippen LogP contribution < -0.4 is 14.8 Å². The topological polar surface area (TPSA) is 103 Å². The van der Waals surface area contributed by atoms with Gasteiger partial charge in [-0.25, -0.2) is 14.8 Å². The molecule has 0 bridgehead atoms. The Kier molecular flexibility index (Phi) is 8.75. The van der Waals surface area contributed by atoms with Crippen LogP contribution in [0.15, 0.2) is 43.1 Å². The Labute approximate surface area is 243 Å². The number of likely N-dealkylation sites (tertiary alicyclic amines) is 1. The summed E-state index contributed by atoms with van der Waals surface area (Å²) in [6.07, 6.45) is 2.81. The van der Waals surface area contributed by atoms with Crippen LogP contribution in [0, 0.1) is 5.92 Å². The van der Waals surface area contributed by atoms with Crippen molar-refractivity contribution in [2.45, 2.75) is 38.8 Å². The van der Waals surface area contributed by atoms with Crippen molar-refractivity contribution in [3.05, 3.63) is 53.2 Å². The van der Waals surface area contributed by atoms with E-state index in [2.05, 4.69) is 21.9 Å². The monoisotopic (exact) mass is 586 g/mol. The van der Waals surface area contributed by atoms with Gasteiger partial charge in [0.15, 0.2) is 5.78 Å². The molecule has 0 radical (unpaired) electrons. The number of carbonyl (C=O) groups excluding carboxylic acids is 2. The quantitative estimate of drug-likeness (QED) is 0.302. The third-order valence-corrected chi connectivity index (χ3v) is 7.29. The molecule has 11 heteroatoms. The molecule has 9 nitrogen and oxygen atoms in total. The lowest BCUT2D eigenvalue weighted by atomic mass is 9.97. The number of nitrogens with one attached hydrogen (secondary N) is 1. The molecule has 0 saturated carbocycles. The molecule has 2 aromatic carbocycles. The van der Waals surface area contributed by atoms with Crippen LogP contribution in [0.5, 0.6) is 11.5 Å². The fourth-order valence-corrected chi connectivity index (χ4v) is 5.34. The maximum Gasteiger partial charge on any atom is 0.410 e. The molecule has 1 fully saturated rings. The maximum atomic E-state index is 12.7. The summed E-state index contributed by atoms with van der Waals surface area (Å²) < 4.78 is 16.3. The lowest BCUT2D eigenvalue weighted by Crippen LogP contribution is -2.36. The SMILES string of the molecule is C=CC(=O)CC1CN(C(=O)OC(C)(C)C)CC1Nc1ncc2cc(-c3c(Cl)c(OC)cc(OC)c3Cl)ccc2n1. The first-order valence-electron chi connectivity index (χ1n) is 12.7. The summed E-state index contributed by atoms with van der Waals surface area (Å²) in [7, 11) is 3.05. The van der Waals surface area contributed by atoms with E-state index in [1.807, 2.05) is 39.0 Å². The van der Waals surface area contributed by atoms with E-state index in [9.17, 15) is 9.59 Å². The van der Waals surface area contributed by atoms with E-state index in [4.69, 9.17) is 37.4 Å². The van der Waals surface area contributed by atoms with E-state index >= 15 is 0 Å². The molecule has 1 amide bonds. The van der Waals surface area contributed by atoms with Gasteiger partial charge in [0.2, 0.25) is 5.95 Å². The average Bonchev–Trinajstić information content (AvgIpc) is 3.30. The van der Waals surface area contributed by atoms with Crippen LogP contribution in [0.1, 0.15) is 27.2 Å². The summed E-state index contributed by atoms with van der Waals surface area (Å²) in [5.41, 5.74) is 1.38. The van der Waals surface area contributed by atoms with Crippen molar-refractivity contribution in [3.63, 3.8) is 0 Å². The number of nitrogens with zero attached hydrogens (tertiary/aromatic N) is 3. The zero-order chi connectivity index (χ0) is 29.2. The minimum atomic E-state index is -0.625. The largest absolute Gasteiger partial charge is 0.495 e. The number of fused-ring (bicyclic) bond motifs is 1. The van der Waals surface area contributed by atoms with E-state index < -0.39 is 11.7 Å². The highest BCUT2D eigenvalue weighted by molar-refractivity contribution is 6.41. The standard InChI is InChI=1S/C29H32Cl2N4O5/c1-7-19(36)11-18-14-35(28(37)40-29(2,3)4)15-21(18)34-27-32-13-17-10-16(8-9-20(17)33-27)24-25(30)22(38-5)12-23(39-6)26(24)31/h7-10,12-13,18,21H,1,11,14-15H2,2-6H3,(H,32,33,34). The minimum absolute atomic E-state index is 0.0960. The van der Waals surface area contributed by atoms with E-state index in [0.717, 1.165) is 10.9 Å². The molecular weight excluding hydrogens is 555 g/mol. The van der Waals surface area contributed by atoms with Crippen molar-refractivity contribution < 1.29 is 23.8 Å². The van der Waals surface area contributed by atoms with Crippen molar-refractivity contribution in [2.24, 2.45) is 5.92 Å². The number of anilines is 1. The van der Waals surface area contributed by atoms with E-state index in [1.54, 1.807) is 17.2 Å². The van der Waals surface area contributed by atoms with Crippen molar-refractivity contribution in [3.8, 4) is 22.6 Å². The third-order valence-electron chi connectivity index (χ3n) is 6.54. The molecule has 2 heterocycles. The second kappa shape index (κ2) is 11.9. The molecule has 1 aromatic heterocycles. The van der Waals surface area contributed by atoms with Crippen molar-refractivity contribution >= 4 is 51.9 Å². The molecule has 212 valence electrons. The molecule has 1 N–H and O–H groups in total. The Morgan fingerprint density at radius 2 is 1.80 bits per heavy atom. The lowest BCUT2D eigenvalue weighted by molar-refractivity contribution is -0.115. The first kappa shape index (κ1) is 29.4. The number of benzene rings is 2. The van der Waals surface area contributed by atoms with Gasteiger partial charge in [-0.3, -0.25) is 4.79 Å². The number of aromatic nitrogens is 2. The number of carbonyl (C=O) groups is 2. The van der Waals surface area contributed by atoms with Gasteiger partial charge < -0.3 is 24.4 Å². The molecule has 1 aliphatic rings. The molecular formula is C29H32Cl2N4O5. The molecule has 0 spiro atoms. The molecule has 0 aliphatic carbocycles. The number of hydrogen-bond donors (Lipinski definition) is 1. The number of methoxy groups -OCH3 is 2. The number of halogens is 2. The molecule has 2 unspecified atom stereocenters. The van der Waals surface area contributed by atoms with Crippen LogP contribution in [0.4, 0.5) is 10.7 Å². The second-order valence-electron chi connectivity index (χ2n) is 10.5. The van der Waals surface area contributed by atoms with Crippen LogP contribution in [-0.2, 0) is 9.53 Å². The first-order valence-corrected chi connectivity index (χ1v) is 13.5. The lowest BCUT2D eigenvalue weighted by Gasteiger charge is -2.24. The second-order valence-corrected chi connectivity index (χ2v) is 11.3. The molecule has 3 aromatic rings. The van der Waals surface area contributed by atoms with Gasteiger partial charge in [-0.2, -0.15) is 0 Å². The maximum absolute atomic E-state index is 12.7. The van der Waals surface area contributed by atoms with Gasteiger partial charge in [-0.05, 0) is 44.5 Å². The Hall–Kier alpha value is -3.56. The van der Waals surface area contributed by atoms with E-state index in [1.165, 1.54) is 20.3 Å². The number of ketones is 1. The number of rotatable bonds is 8. The molecule has 4 rings (SSSR count). The van der Waals surface area contributed by atoms with Crippen LogP contribution in [-0.4, -0.2) is 65.7 Å². The van der Waals surface area contributed by atoms with Crippen LogP contribution in [0.3, 0.4) is 0 Å². The zero-order valence-electron chi connectivity index (χ0n) is 23.1. The molecule has 40 heavy (non-hydrogen) atoms. The predicted molar refractivity (Wildman–Crippen MR) is 157 cm³/mol. The van der Waals surface area contributed by atoms with Crippen molar-refractivity contribution in [1.82, 2.24) is 14.9 Å². The Balaban J connectivity index is 1.60. The summed E-state index contributed by atoms with van der Waals surface area (Å²) in [6.45, 7) is 9.74. The predicted octanol–water partition coefficient (Wildman–Crippen LogP) is 6.41. The summed E-state index contributed by atoms with van der Waals surface area (Å²) in [5.74, 6) is 1.00. The number of hydrogen-bond acceptors (Lipinski definition) is 8. The first-order chi connectivity index (χ1) is 18.9. The van der Waals surface area contributed by atoms with Crippen molar-refractivity contribution in [1.29, 1.82) is 0 Å². The third kappa shape index (κ3) is 6.42. The van der Waals surface area contributed by atoms with Crippen LogP contribution in [0.25, 0.3) is 22.0 Å². The summed E-state index contributed by atoms with van der Waals surface area (Å²) in [4.78, 5) is 35.7. The van der Waals surface area contributed by atoms with Gasteiger partial charge in [0.25, 0.3) is 0 Å². The van der Waals surface area contributed by atoms with Gasteiger partial charge in [0.1, 0.15) is 17.1 Å². The smallest absolute Gasteiger partial charge is 0.410 e. The van der Waals surface area contributed by atoms with E-state index in [0.29, 0.717) is 51.7 Å². The fourth-order valence-electron chi connectivity index (χ4n) is 4.62. The Morgan fingerprint density at radius 3 is 2.40 bits per heavy atom. The fraction of sp³-hybridized carbons (Fsp3) is 0.379.